The second-order valence-electron chi connectivity index (χ2n) is 3.92. The van der Waals surface area contributed by atoms with Gasteiger partial charge in [-0.25, -0.2) is 8.42 Å². The topological polar surface area (TPSA) is 37.4 Å². The molecule has 17 heavy (non-hydrogen) atoms. The van der Waals surface area contributed by atoms with Crippen molar-refractivity contribution in [2.24, 2.45) is 0 Å². The maximum atomic E-state index is 11.1. The number of halogens is 1. The number of benzene rings is 1. The van der Waals surface area contributed by atoms with E-state index < -0.39 is 9.05 Å². The highest BCUT2D eigenvalue weighted by molar-refractivity contribution is 8.13. The molecule has 1 rings (SSSR count). The molecular formula is C12H18ClNO2S. The summed E-state index contributed by atoms with van der Waals surface area (Å²) in [6.45, 7) is 6.20. The normalized spacial score (nSPS) is 11.5. The molecule has 96 valence electrons. The van der Waals surface area contributed by atoms with Crippen molar-refractivity contribution in [2.45, 2.75) is 31.6 Å². The molecule has 0 aliphatic heterocycles. The third-order valence-electron chi connectivity index (χ3n) is 2.47. The van der Waals surface area contributed by atoms with Crippen LogP contribution in [0.1, 0.15) is 26.7 Å². The highest BCUT2D eigenvalue weighted by Gasteiger charge is 2.10. The zero-order valence-corrected chi connectivity index (χ0v) is 11.8. The lowest BCUT2D eigenvalue weighted by Crippen LogP contribution is -2.24. The Kier molecular flexibility index (Phi) is 5.28. The lowest BCUT2D eigenvalue weighted by molar-refractivity contribution is 0.609. The van der Waals surface area contributed by atoms with Crippen molar-refractivity contribution in [1.82, 2.24) is 0 Å². The zero-order chi connectivity index (χ0) is 12.9. The van der Waals surface area contributed by atoms with Crippen molar-refractivity contribution in [3.63, 3.8) is 0 Å². The number of rotatable bonds is 6. The summed E-state index contributed by atoms with van der Waals surface area (Å²) < 4.78 is 22.2. The van der Waals surface area contributed by atoms with Crippen LogP contribution in [0.25, 0.3) is 0 Å². The standard InChI is InChI=1S/C12H18ClNO2S/c1-3-9-14(10-4-2)11-5-7-12(8-6-11)17(13,15)16/h5-8H,3-4,9-10H2,1-2H3. The first-order valence-electron chi connectivity index (χ1n) is 5.78. The van der Waals surface area contributed by atoms with Crippen LogP contribution in [0.5, 0.6) is 0 Å². The van der Waals surface area contributed by atoms with Gasteiger partial charge >= 0.3 is 0 Å². The molecule has 0 fully saturated rings. The average Bonchev–Trinajstić information content (AvgIpc) is 2.28. The molecule has 5 heteroatoms. The average molecular weight is 276 g/mol. The molecule has 0 spiro atoms. The van der Waals surface area contributed by atoms with Crippen molar-refractivity contribution in [3.8, 4) is 0 Å². The van der Waals surface area contributed by atoms with Crippen LogP contribution < -0.4 is 4.90 Å². The van der Waals surface area contributed by atoms with Crippen LogP contribution in [0.2, 0.25) is 0 Å². The summed E-state index contributed by atoms with van der Waals surface area (Å²) in [5, 5.41) is 0. The maximum absolute atomic E-state index is 11.1. The quantitative estimate of drug-likeness (QED) is 0.748. The molecule has 0 aliphatic rings. The number of anilines is 1. The van der Waals surface area contributed by atoms with E-state index in [1.807, 2.05) is 0 Å². The first kappa shape index (κ1) is 14.3. The monoisotopic (exact) mass is 275 g/mol. The van der Waals surface area contributed by atoms with Crippen LogP contribution in [0.3, 0.4) is 0 Å². The molecule has 1 aromatic rings. The van der Waals surface area contributed by atoms with Gasteiger partial charge in [0, 0.05) is 29.5 Å². The lowest BCUT2D eigenvalue weighted by Gasteiger charge is -2.23. The predicted octanol–water partition coefficient (Wildman–Crippen LogP) is 3.24. The lowest BCUT2D eigenvalue weighted by atomic mass is 10.2. The summed E-state index contributed by atoms with van der Waals surface area (Å²) in [6.07, 6.45) is 2.13. The summed E-state index contributed by atoms with van der Waals surface area (Å²) in [5.41, 5.74) is 1.04. The van der Waals surface area contributed by atoms with Gasteiger partial charge in [0.05, 0.1) is 4.90 Å². The van der Waals surface area contributed by atoms with Crippen LogP contribution in [0.15, 0.2) is 29.2 Å². The Hall–Kier alpha value is -0.740. The van der Waals surface area contributed by atoms with E-state index in [1.165, 1.54) is 0 Å². The van der Waals surface area contributed by atoms with Gasteiger partial charge in [-0.2, -0.15) is 0 Å². The summed E-state index contributed by atoms with van der Waals surface area (Å²) in [7, 11) is 1.66. The molecule has 0 aromatic heterocycles. The zero-order valence-electron chi connectivity index (χ0n) is 10.2. The van der Waals surface area contributed by atoms with Crippen LogP contribution >= 0.6 is 10.7 Å². The fourth-order valence-corrected chi connectivity index (χ4v) is 2.50. The van der Waals surface area contributed by atoms with E-state index in [0.717, 1.165) is 31.6 Å². The summed E-state index contributed by atoms with van der Waals surface area (Å²) >= 11 is 0. The summed E-state index contributed by atoms with van der Waals surface area (Å²) in [6, 6.07) is 6.72. The van der Waals surface area contributed by atoms with Crippen molar-refractivity contribution in [3.05, 3.63) is 24.3 Å². The number of nitrogens with zero attached hydrogens (tertiary/aromatic N) is 1. The van der Waals surface area contributed by atoms with Gasteiger partial charge in [-0.1, -0.05) is 13.8 Å². The van der Waals surface area contributed by atoms with Crippen molar-refractivity contribution < 1.29 is 8.42 Å². The van der Waals surface area contributed by atoms with Gasteiger partial charge in [-0.15, -0.1) is 0 Å². The molecule has 0 radical (unpaired) electrons. The van der Waals surface area contributed by atoms with Crippen LogP contribution in [0.4, 0.5) is 5.69 Å². The molecule has 1 aromatic carbocycles. The molecule has 0 amide bonds. The van der Waals surface area contributed by atoms with Gasteiger partial charge in [0.1, 0.15) is 0 Å². The highest BCUT2D eigenvalue weighted by atomic mass is 35.7. The molecule has 0 heterocycles. The Bertz CT molecular complexity index is 436. The SMILES string of the molecule is CCCN(CCC)c1ccc(S(=O)(=O)Cl)cc1. The van der Waals surface area contributed by atoms with E-state index in [2.05, 4.69) is 18.7 Å². The first-order valence-corrected chi connectivity index (χ1v) is 8.09. The van der Waals surface area contributed by atoms with Gasteiger partial charge < -0.3 is 4.90 Å². The van der Waals surface area contributed by atoms with Crippen molar-refractivity contribution in [1.29, 1.82) is 0 Å². The minimum atomic E-state index is -3.62. The molecule has 0 bridgehead atoms. The van der Waals surface area contributed by atoms with E-state index >= 15 is 0 Å². The van der Waals surface area contributed by atoms with Crippen LogP contribution in [0, 0.1) is 0 Å². The Morgan fingerprint density at radius 2 is 1.53 bits per heavy atom. The van der Waals surface area contributed by atoms with Gasteiger partial charge in [-0.3, -0.25) is 0 Å². The Balaban J connectivity index is 2.91. The van der Waals surface area contributed by atoms with Gasteiger partial charge in [0.2, 0.25) is 0 Å². The molecule has 0 atom stereocenters. The number of hydrogen-bond donors (Lipinski definition) is 0. The fourth-order valence-electron chi connectivity index (χ4n) is 1.73. The largest absolute Gasteiger partial charge is 0.372 e. The van der Waals surface area contributed by atoms with Crippen LogP contribution in [-0.2, 0) is 9.05 Å². The van der Waals surface area contributed by atoms with E-state index in [1.54, 1.807) is 24.3 Å². The molecule has 0 saturated carbocycles. The van der Waals surface area contributed by atoms with Gasteiger partial charge in [-0.05, 0) is 37.1 Å². The predicted molar refractivity (Wildman–Crippen MR) is 72.3 cm³/mol. The molecular weight excluding hydrogens is 258 g/mol. The third-order valence-corrected chi connectivity index (χ3v) is 3.84. The Morgan fingerprint density at radius 1 is 1.06 bits per heavy atom. The molecule has 3 nitrogen and oxygen atoms in total. The minimum absolute atomic E-state index is 0.149. The fraction of sp³-hybridized carbons (Fsp3) is 0.500. The summed E-state index contributed by atoms with van der Waals surface area (Å²) in [4.78, 5) is 2.39. The second kappa shape index (κ2) is 6.26. The smallest absolute Gasteiger partial charge is 0.261 e. The highest BCUT2D eigenvalue weighted by Crippen LogP contribution is 2.20. The van der Waals surface area contributed by atoms with Crippen molar-refractivity contribution in [2.75, 3.05) is 18.0 Å². The van der Waals surface area contributed by atoms with E-state index in [9.17, 15) is 8.42 Å². The molecule has 0 N–H and O–H groups in total. The second-order valence-corrected chi connectivity index (χ2v) is 6.48. The Morgan fingerprint density at radius 3 is 1.88 bits per heavy atom. The summed E-state index contributed by atoms with van der Waals surface area (Å²) in [5.74, 6) is 0. The molecule has 0 unspecified atom stereocenters. The molecule has 0 saturated heterocycles. The van der Waals surface area contributed by atoms with E-state index in [-0.39, 0.29) is 4.90 Å². The number of hydrogen-bond acceptors (Lipinski definition) is 3. The van der Waals surface area contributed by atoms with Crippen LogP contribution in [-0.4, -0.2) is 21.5 Å². The van der Waals surface area contributed by atoms with Gasteiger partial charge in [0.25, 0.3) is 9.05 Å². The molecule has 0 aliphatic carbocycles. The minimum Gasteiger partial charge on any atom is -0.372 e. The van der Waals surface area contributed by atoms with E-state index in [0.29, 0.717) is 0 Å². The first-order chi connectivity index (χ1) is 7.99. The Labute approximate surface area is 108 Å². The maximum Gasteiger partial charge on any atom is 0.261 e. The third kappa shape index (κ3) is 4.21. The van der Waals surface area contributed by atoms with Gasteiger partial charge in [0.15, 0.2) is 0 Å². The van der Waals surface area contributed by atoms with Crippen molar-refractivity contribution >= 4 is 25.4 Å². The van der Waals surface area contributed by atoms with E-state index in [4.69, 9.17) is 10.7 Å².